The van der Waals surface area contributed by atoms with E-state index in [0.29, 0.717) is 30.5 Å². The normalized spacial score (nSPS) is 13.6. The number of nitrogens with zero attached hydrogens (tertiary/aromatic N) is 2. The Balaban J connectivity index is 1.59. The molecule has 1 aromatic carbocycles. The number of para-hydroxylation sites is 2. The molecule has 3 rings (SSSR count). The Kier molecular flexibility index (Phi) is 5.50. The molecule has 0 aliphatic carbocycles. The molecule has 0 spiro atoms. The van der Waals surface area contributed by atoms with Gasteiger partial charge in [-0.1, -0.05) is 18.2 Å². The molecule has 1 aromatic heterocycles. The molecule has 0 atom stereocenters. The molecule has 24 heavy (non-hydrogen) atoms. The predicted molar refractivity (Wildman–Crippen MR) is 93.7 cm³/mol. The molecule has 0 radical (unpaired) electrons. The first kappa shape index (κ1) is 16.1. The van der Waals surface area contributed by atoms with Gasteiger partial charge in [0.1, 0.15) is 0 Å². The van der Waals surface area contributed by atoms with Gasteiger partial charge in [0.15, 0.2) is 17.5 Å². The van der Waals surface area contributed by atoms with E-state index in [9.17, 15) is 0 Å². The van der Waals surface area contributed by atoms with E-state index in [1.165, 1.54) is 0 Å². The summed E-state index contributed by atoms with van der Waals surface area (Å²) in [5.41, 5.74) is 1.07. The molecule has 0 amide bonds. The fraction of sp³-hybridized carbons (Fsp3) is 0.333. The molecule has 0 unspecified atom stereocenters. The van der Waals surface area contributed by atoms with Gasteiger partial charge in [-0.25, -0.2) is 4.98 Å². The summed E-state index contributed by atoms with van der Waals surface area (Å²) in [4.78, 5) is 8.74. The molecule has 6 heteroatoms. The molecule has 0 fully saturated rings. The van der Waals surface area contributed by atoms with E-state index < -0.39 is 0 Å². The Hall–Kier alpha value is -2.76. The Morgan fingerprint density at radius 1 is 1.17 bits per heavy atom. The molecule has 2 N–H and O–H groups in total. The lowest BCUT2D eigenvalue weighted by Gasteiger charge is -2.16. The molecule has 2 heterocycles. The lowest BCUT2D eigenvalue weighted by atomic mass is 10.3. The summed E-state index contributed by atoms with van der Waals surface area (Å²) in [6.45, 7) is 5.06. The van der Waals surface area contributed by atoms with Crippen molar-refractivity contribution in [1.29, 1.82) is 0 Å². The predicted octanol–water partition coefficient (Wildman–Crippen LogP) is 2.71. The molecule has 2 aromatic rings. The monoisotopic (exact) mass is 326 g/mol. The quantitative estimate of drug-likeness (QED) is 0.854. The SMILES string of the molecule is CCOc1ccccc1Oc1ccc(CNC2=NCCCN2)cn1. The molecular formula is C18H22N4O2. The van der Waals surface area contributed by atoms with Crippen molar-refractivity contribution in [3.63, 3.8) is 0 Å². The van der Waals surface area contributed by atoms with Crippen LogP contribution in [0.5, 0.6) is 17.4 Å². The van der Waals surface area contributed by atoms with Crippen molar-refractivity contribution in [2.75, 3.05) is 19.7 Å². The van der Waals surface area contributed by atoms with Gasteiger partial charge < -0.3 is 20.1 Å². The van der Waals surface area contributed by atoms with Crippen LogP contribution in [0.2, 0.25) is 0 Å². The highest BCUT2D eigenvalue weighted by Crippen LogP contribution is 2.30. The average Bonchev–Trinajstić information content (AvgIpc) is 2.64. The minimum atomic E-state index is 0.541. The number of aliphatic imine (C=N–C) groups is 1. The van der Waals surface area contributed by atoms with E-state index in [1.54, 1.807) is 6.20 Å². The third-order valence-corrected chi connectivity index (χ3v) is 3.52. The maximum atomic E-state index is 5.82. The van der Waals surface area contributed by atoms with E-state index in [1.807, 2.05) is 43.3 Å². The lowest BCUT2D eigenvalue weighted by Crippen LogP contribution is -2.40. The van der Waals surface area contributed by atoms with Crippen LogP contribution in [0.15, 0.2) is 47.6 Å². The molecule has 0 saturated carbocycles. The summed E-state index contributed by atoms with van der Waals surface area (Å²) in [7, 11) is 0. The Labute approximate surface area is 141 Å². The topological polar surface area (TPSA) is 67.8 Å². The summed E-state index contributed by atoms with van der Waals surface area (Å²) in [5, 5.41) is 6.50. The van der Waals surface area contributed by atoms with Crippen LogP contribution in [0.3, 0.4) is 0 Å². The van der Waals surface area contributed by atoms with E-state index in [4.69, 9.17) is 9.47 Å². The van der Waals surface area contributed by atoms with Gasteiger partial charge in [0.25, 0.3) is 0 Å². The molecule has 0 bridgehead atoms. The number of guanidine groups is 1. The van der Waals surface area contributed by atoms with Crippen molar-refractivity contribution in [3.8, 4) is 17.4 Å². The summed E-state index contributed by atoms with van der Waals surface area (Å²) in [6.07, 6.45) is 2.89. The number of ether oxygens (including phenoxy) is 2. The molecule has 6 nitrogen and oxygen atoms in total. The van der Waals surface area contributed by atoms with Crippen LogP contribution < -0.4 is 20.1 Å². The van der Waals surface area contributed by atoms with Crippen molar-refractivity contribution >= 4 is 5.96 Å². The van der Waals surface area contributed by atoms with Crippen molar-refractivity contribution < 1.29 is 9.47 Å². The highest BCUT2D eigenvalue weighted by Gasteiger charge is 2.07. The fourth-order valence-electron chi connectivity index (χ4n) is 2.33. The highest BCUT2D eigenvalue weighted by molar-refractivity contribution is 5.80. The second kappa shape index (κ2) is 8.19. The van der Waals surface area contributed by atoms with Crippen LogP contribution in [-0.2, 0) is 6.54 Å². The molecule has 0 saturated heterocycles. The largest absolute Gasteiger partial charge is 0.490 e. The fourth-order valence-corrected chi connectivity index (χ4v) is 2.33. The minimum Gasteiger partial charge on any atom is -0.490 e. The van der Waals surface area contributed by atoms with Gasteiger partial charge in [0.2, 0.25) is 5.88 Å². The first-order valence-corrected chi connectivity index (χ1v) is 8.22. The van der Waals surface area contributed by atoms with E-state index in [0.717, 1.165) is 31.0 Å². The average molecular weight is 326 g/mol. The number of aromatic nitrogens is 1. The number of hydrogen-bond acceptors (Lipinski definition) is 6. The molecular weight excluding hydrogens is 304 g/mol. The summed E-state index contributed by atoms with van der Waals surface area (Å²) < 4.78 is 11.4. The Bertz CT molecular complexity index is 686. The zero-order valence-electron chi connectivity index (χ0n) is 13.8. The number of pyridine rings is 1. The van der Waals surface area contributed by atoms with Crippen LogP contribution in [0.4, 0.5) is 0 Å². The van der Waals surface area contributed by atoms with Gasteiger partial charge in [-0.15, -0.1) is 0 Å². The lowest BCUT2D eigenvalue weighted by molar-refractivity contribution is 0.319. The van der Waals surface area contributed by atoms with Crippen LogP contribution in [0.25, 0.3) is 0 Å². The van der Waals surface area contributed by atoms with Crippen molar-refractivity contribution in [3.05, 3.63) is 48.2 Å². The summed E-state index contributed by atoms with van der Waals surface area (Å²) >= 11 is 0. The number of hydrogen-bond donors (Lipinski definition) is 2. The van der Waals surface area contributed by atoms with Crippen molar-refractivity contribution in [2.24, 2.45) is 4.99 Å². The van der Waals surface area contributed by atoms with Crippen LogP contribution in [-0.4, -0.2) is 30.6 Å². The molecule has 126 valence electrons. The molecule has 1 aliphatic rings. The van der Waals surface area contributed by atoms with Gasteiger partial charge in [0.05, 0.1) is 6.61 Å². The summed E-state index contributed by atoms with van der Waals surface area (Å²) in [6, 6.07) is 11.4. The number of nitrogens with one attached hydrogen (secondary N) is 2. The van der Waals surface area contributed by atoms with Gasteiger partial charge in [-0.2, -0.15) is 0 Å². The van der Waals surface area contributed by atoms with Crippen molar-refractivity contribution in [2.45, 2.75) is 19.9 Å². The van der Waals surface area contributed by atoms with Gasteiger partial charge in [0, 0.05) is 31.9 Å². The third kappa shape index (κ3) is 4.38. The van der Waals surface area contributed by atoms with Gasteiger partial charge >= 0.3 is 0 Å². The molecule has 1 aliphatic heterocycles. The van der Waals surface area contributed by atoms with Crippen molar-refractivity contribution in [1.82, 2.24) is 15.6 Å². The summed E-state index contributed by atoms with van der Waals surface area (Å²) in [5.74, 6) is 2.78. The zero-order valence-corrected chi connectivity index (χ0v) is 13.8. The number of benzene rings is 1. The Morgan fingerprint density at radius 3 is 2.75 bits per heavy atom. The van der Waals surface area contributed by atoms with Crippen LogP contribution >= 0.6 is 0 Å². The van der Waals surface area contributed by atoms with Gasteiger partial charge in [-0.3, -0.25) is 4.99 Å². The second-order valence-corrected chi connectivity index (χ2v) is 5.35. The minimum absolute atomic E-state index is 0.541. The van der Waals surface area contributed by atoms with Crippen LogP contribution in [0.1, 0.15) is 18.9 Å². The first-order chi connectivity index (χ1) is 11.8. The standard InChI is InChI=1S/C18H22N4O2/c1-2-23-15-6-3-4-7-16(15)24-17-9-8-14(12-21-17)13-22-18-19-10-5-11-20-18/h3-4,6-9,12H,2,5,10-11,13H2,1H3,(H2,19,20,22). The van der Waals surface area contributed by atoms with E-state index >= 15 is 0 Å². The van der Waals surface area contributed by atoms with E-state index in [2.05, 4.69) is 20.6 Å². The third-order valence-electron chi connectivity index (χ3n) is 3.52. The number of rotatable bonds is 6. The smallest absolute Gasteiger partial charge is 0.219 e. The highest BCUT2D eigenvalue weighted by atomic mass is 16.5. The van der Waals surface area contributed by atoms with Gasteiger partial charge in [-0.05, 0) is 31.0 Å². The van der Waals surface area contributed by atoms with E-state index in [-0.39, 0.29) is 0 Å². The zero-order chi connectivity index (χ0) is 16.6. The first-order valence-electron chi connectivity index (χ1n) is 8.22. The second-order valence-electron chi connectivity index (χ2n) is 5.35. The van der Waals surface area contributed by atoms with Crippen LogP contribution in [0, 0.1) is 0 Å². The maximum absolute atomic E-state index is 5.82. The maximum Gasteiger partial charge on any atom is 0.219 e. The Morgan fingerprint density at radius 2 is 2.04 bits per heavy atom.